The maximum atomic E-state index is 13.1. The molecule has 0 spiro atoms. The van der Waals surface area contributed by atoms with E-state index in [-0.39, 0.29) is 24.1 Å². The van der Waals surface area contributed by atoms with Gasteiger partial charge in [0.2, 0.25) is 5.91 Å². The number of rotatable bonds is 5. The summed E-state index contributed by atoms with van der Waals surface area (Å²) in [5.74, 6) is -0.738. The van der Waals surface area contributed by atoms with Crippen LogP contribution in [0.5, 0.6) is 0 Å². The molecule has 1 aromatic carbocycles. The van der Waals surface area contributed by atoms with Gasteiger partial charge in [-0.3, -0.25) is 14.2 Å². The van der Waals surface area contributed by atoms with Crippen LogP contribution in [0.15, 0.2) is 29.3 Å². The Morgan fingerprint density at radius 3 is 2.76 bits per heavy atom. The first kappa shape index (κ1) is 22.7. The number of fused-ring (bicyclic) bond motifs is 2. The summed E-state index contributed by atoms with van der Waals surface area (Å²) in [6, 6.07) is 5.52. The van der Waals surface area contributed by atoms with Crippen molar-refractivity contribution in [1.82, 2.24) is 14.5 Å². The lowest BCUT2D eigenvalue weighted by atomic mass is 9.98. The van der Waals surface area contributed by atoms with Crippen molar-refractivity contribution in [2.45, 2.75) is 58.6 Å². The SMILES string of the molecule is Cc1nc2ccc(NC(=O)Cn3cnc4sc(C(=O)OC5CCCCC5)c(C)c4c3=O)cc2s1. The zero-order valence-electron chi connectivity index (χ0n) is 18.9. The van der Waals surface area contributed by atoms with Gasteiger partial charge in [-0.05, 0) is 63.3 Å². The zero-order valence-corrected chi connectivity index (χ0v) is 20.6. The highest BCUT2D eigenvalue weighted by Gasteiger charge is 2.24. The molecule has 4 aromatic rings. The van der Waals surface area contributed by atoms with Crippen LogP contribution in [0.3, 0.4) is 0 Å². The van der Waals surface area contributed by atoms with Crippen molar-refractivity contribution in [2.24, 2.45) is 0 Å². The van der Waals surface area contributed by atoms with E-state index in [2.05, 4.69) is 15.3 Å². The van der Waals surface area contributed by atoms with Crippen LogP contribution < -0.4 is 10.9 Å². The van der Waals surface area contributed by atoms with E-state index in [0.717, 1.165) is 52.2 Å². The second-order valence-electron chi connectivity index (χ2n) is 8.54. The summed E-state index contributed by atoms with van der Waals surface area (Å²) in [5.41, 5.74) is 1.73. The van der Waals surface area contributed by atoms with Gasteiger partial charge < -0.3 is 10.1 Å². The van der Waals surface area contributed by atoms with Crippen molar-refractivity contribution in [1.29, 1.82) is 0 Å². The number of hydrogen-bond donors (Lipinski definition) is 1. The van der Waals surface area contributed by atoms with Crippen molar-refractivity contribution in [3.05, 3.63) is 50.3 Å². The molecule has 0 unspecified atom stereocenters. The van der Waals surface area contributed by atoms with E-state index >= 15 is 0 Å². The van der Waals surface area contributed by atoms with Crippen LogP contribution in [0.2, 0.25) is 0 Å². The Labute approximate surface area is 203 Å². The smallest absolute Gasteiger partial charge is 0.348 e. The van der Waals surface area contributed by atoms with Gasteiger partial charge in [0.1, 0.15) is 22.4 Å². The number of ether oxygens (including phenoxy) is 1. The highest BCUT2D eigenvalue weighted by Crippen LogP contribution is 2.29. The number of hydrogen-bond acceptors (Lipinski definition) is 8. The van der Waals surface area contributed by atoms with E-state index in [1.165, 1.54) is 17.3 Å². The Hall–Kier alpha value is -3.11. The first-order valence-electron chi connectivity index (χ1n) is 11.3. The monoisotopic (exact) mass is 496 g/mol. The molecule has 1 aliphatic rings. The fourth-order valence-electron chi connectivity index (χ4n) is 4.33. The standard InChI is InChI=1S/C24H24N4O4S2/c1-13-20-22(34-21(13)24(31)32-16-6-4-3-5-7-16)25-12-28(23(20)30)11-19(29)27-15-8-9-17-18(10-15)33-14(2)26-17/h8-10,12,16H,3-7,11H2,1-2H3,(H,27,29). The molecule has 1 amide bonds. The second-order valence-corrected chi connectivity index (χ2v) is 10.8. The van der Waals surface area contributed by atoms with Gasteiger partial charge in [-0.2, -0.15) is 0 Å². The van der Waals surface area contributed by atoms with Gasteiger partial charge in [-0.1, -0.05) is 6.42 Å². The number of nitrogens with zero attached hydrogens (tertiary/aromatic N) is 3. The number of nitrogens with one attached hydrogen (secondary N) is 1. The molecule has 0 aliphatic heterocycles. The summed E-state index contributed by atoms with van der Waals surface area (Å²) in [4.78, 5) is 48.2. The van der Waals surface area contributed by atoms with Gasteiger partial charge >= 0.3 is 5.97 Å². The molecule has 5 rings (SSSR count). The number of thiophene rings is 1. The van der Waals surface area contributed by atoms with Crippen LogP contribution in [-0.2, 0) is 16.1 Å². The average molecular weight is 497 g/mol. The van der Waals surface area contributed by atoms with Gasteiger partial charge in [0.25, 0.3) is 5.56 Å². The molecule has 8 nitrogen and oxygen atoms in total. The number of anilines is 1. The number of benzene rings is 1. The van der Waals surface area contributed by atoms with E-state index < -0.39 is 5.97 Å². The predicted octanol–water partition coefficient (Wildman–Crippen LogP) is 4.81. The molecule has 34 heavy (non-hydrogen) atoms. The highest BCUT2D eigenvalue weighted by atomic mass is 32.1. The lowest BCUT2D eigenvalue weighted by Gasteiger charge is -2.21. The summed E-state index contributed by atoms with van der Waals surface area (Å²) < 4.78 is 7.94. The van der Waals surface area contributed by atoms with E-state index in [1.807, 2.05) is 19.1 Å². The molecular weight excluding hydrogens is 472 g/mol. The molecule has 0 radical (unpaired) electrons. The largest absolute Gasteiger partial charge is 0.458 e. The van der Waals surface area contributed by atoms with Gasteiger partial charge in [0, 0.05) is 5.69 Å². The van der Waals surface area contributed by atoms with Gasteiger partial charge in [0.15, 0.2) is 0 Å². The summed E-state index contributed by atoms with van der Waals surface area (Å²) in [6.45, 7) is 3.49. The first-order chi connectivity index (χ1) is 16.4. The Balaban J connectivity index is 1.34. The highest BCUT2D eigenvalue weighted by molar-refractivity contribution is 7.20. The quantitative estimate of drug-likeness (QED) is 0.398. The molecular formula is C24H24N4O4S2. The maximum absolute atomic E-state index is 13.1. The Bertz CT molecular complexity index is 1460. The van der Waals surface area contributed by atoms with Crippen molar-refractivity contribution < 1.29 is 14.3 Å². The second kappa shape index (κ2) is 9.27. The van der Waals surface area contributed by atoms with Crippen molar-refractivity contribution in [3.63, 3.8) is 0 Å². The van der Waals surface area contributed by atoms with Gasteiger partial charge in [-0.25, -0.2) is 14.8 Å². The van der Waals surface area contributed by atoms with Crippen LogP contribution >= 0.6 is 22.7 Å². The fraction of sp³-hybridized carbons (Fsp3) is 0.375. The molecule has 3 heterocycles. The van der Waals surface area contributed by atoms with Crippen LogP contribution in [0, 0.1) is 13.8 Å². The van der Waals surface area contributed by atoms with Crippen molar-refractivity contribution >= 4 is 60.7 Å². The first-order valence-corrected chi connectivity index (χ1v) is 12.9. The number of carbonyl (C=O) groups excluding carboxylic acids is 2. The van der Waals surface area contributed by atoms with Crippen molar-refractivity contribution in [2.75, 3.05) is 5.32 Å². The molecule has 10 heteroatoms. The van der Waals surface area contributed by atoms with Crippen LogP contribution in [-0.4, -0.2) is 32.5 Å². The average Bonchev–Trinajstić information content (AvgIpc) is 3.35. The third-order valence-electron chi connectivity index (χ3n) is 6.02. The summed E-state index contributed by atoms with van der Waals surface area (Å²) in [7, 11) is 0. The normalized spacial score (nSPS) is 14.5. The van der Waals surface area contributed by atoms with E-state index in [9.17, 15) is 14.4 Å². The number of esters is 1. The van der Waals surface area contributed by atoms with Crippen LogP contribution in [0.1, 0.15) is 52.3 Å². The molecule has 1 saturated carbocycles. The molecule has 0 bridgehead atoms. The van der Waals surface area contributed by atoms with E-state index in [1.54, 1.807) is 24.3 Å². The fourth-order valence-corrected chi connectivity index (χ4v) is 6.22. The lowest BCUT2D eigenvalue weighted by Crippen LogP contribution is -2.28. The number of thiazole rings is 1. The number of carbonyl (C=O) groups is 2. The van der Waals surface area contributed by atoms with Crippen LogP contribution in [0.4, 0.5) is 5.69 Å². The van der Waals surface area contributed by atoms with Gasteiger partial charge in [-0.15, -0.1) is 22.7 Å². The lowest BCUT2D eigenvalue weighted by molar-refractivity contribution is -0.116. The summed E-state index contributed by atoms with van der Waals surface area (Å²) in [5, 5.41) is 4.15. The topological polar surface area (TPSA) is 103 Å². The summed E-state index contributed by atoms with van der Waals surface area (Å²) >= 11 is 2.72. The minimum Gasteiger partial charge on any atom is -0.458 e. The molecule has 3 aromatic heterocycles. The Morgan fingerprint density at radius 1 is 1.18 bits per heavy atom. The predicted molar refractivity (Wildman–Crippen MR) is 134 cm³/mol. The zero-order chi connectivity index (χ0) is 23.8. The minimum atomic E-state index is -0.398. The molecule has 0 saturated heterocycles. The Kier molecular flexibility index (Phi) is 6.18. The number of amides is 1. The number of aromatic nitrogens is 3. The van der Waals surface area contributed by atoms with E-state index in [0.29, 0.717) is 26.3 Å². The third kappa shape index (κ3) is 4.47. The van der Waals surface area contributed by atoms with Crippen LogP contribution in [0.25, 0.3) is 20.4 Å². The van der Waals surface area contributed by atoms with E-state index in [4.69, 9.17) is 4.74 Å². The van der Waals surface area contributed by atoms with Gasteiger partial charge in [0.05, 0.1) is 26.9 Å². The molecule has 1 fully saturated rings. The summed E-state index contributed by atoms with van der Waals surface area (Å²) in [6.07, 6.45) is 6.35. The minimum absolute atomic E-state index is 0.0627. The molecule has 1 N–H and O–H groups in total. The maximum Gasteiger partial charge on any atom is 0.348 e. The third-order valence-corrected chi connectivity index (χ3v) is 8.14. The molecule has 176 valence electrons. The molecule has 0 atom stereocenters. The Morgan fingerprint density at radius 2 is 1.97 bits per heavy atom. The molecule has 1 aliphatic carbocycles. The van der Waals surface area contributed by atoms with Crippen molar-refractivity contribution in [3.8, 4) is 0 Å². The number of aryl methyl sites for hydroxylation is 2.